The van der Waals surface area contributed by atoms with Crippen LogP contribution in [0.5, 0.6) is 11.5 Å². The van der Waals surface area contributed by atoms with Crippen molar-refractivity contribution in [3.05, 3.63) is 59.7 Å². The zero-order chi connectivity index (χ0) is 21.6. The first-order valence-electron chi connectivity index (χ1n) is 11.2. The number of ether oxygens (including phenoxy) is 2. The number of piperazine rings is 1. The van der Waals surface area contributed by atoms with Gasteiger partial charge in [0.05, 0.1) is 14.2 Å². The molecule has 2 saturated heterocycles. The summed E-state index contributed by atoms with van der Waals surface area (Å²) in [6, 6.07) is 16.0. The first-order valence-corrected chi connectivity index (χ1v) is 11.2. The molecule has 0 spiro atoms. The van der Waals surface area contributed by atoms with E-state index >= 15 is 0 Å². The monoisotopic (exact) mass is 423 g/mol. The van der Waals surface area contributed by atoms with Gasteiger partial charge in [-0.1, -0.05) is 30.3 Å². The minimum atomic E-state index is -0.187. The minimum Gasteiger partial charge on any atom is -0.497 e. The van der Waals surface area contributed by atoms with Crippen LogP contribution in [0, 0.1) is 0 Å². The smallest absolute Gasteiger partial charge is 0.244 e. The van der Waals surface area contributed by atoms with Crippen LogP contribution in [0.15, 0.2) is 48.5 Å². The lowest BCUT2D eigenvalue weighted by Gasteiger charge is -2.40. The molecule has 1 unspecified atom stereocenters. The van der Waals surface area contributed by atoms with Gasteiger partial charge in [0.2, 0.25) is 5.91 Å². The molecular formula is C25H33N3O3. The Morgan fingerprint density at radius 3 is 2.26 bits per heavy atom. The van der Waals surface area contributed by atoms with Gasteiger partial charge >= 0.3 is 0 Å². The highest BCUT2D eigenvalue weighted by Gasteiger charge is 2.34. The molecule has 2 aromatic carbocycles. The number of likely N-dealkylation sites (tertiary alicyclic amines) is 1. The topological polar surface area (TPSA) is 45.3 Å². The number of amides is 1. The van der Waals surface area contributed by atoms with E-state index in [1.807, 2.05) is 35.2 Å². The van der Waals surface area contributed by atoms with Gasteiger partial charge in [-0.15, -0.1) is 0 Å². The van der Waals surface area contributed by atoms with Crippen LogP contribution in [-0.2, 0) is 11.3 Å². The Labute approximate surface area is 185 Å². The fraction of sp³-hybridized carbons (Fsp3) is 0.480. The third-order valence-corrected chi connectivity index (χ3v) is 6.42. The van der Waals surface area contributed by atoms with Gasteiger partial charge in [0.1, 0.15) is 17.5 Å². The van der Waals surface area contributed by atoms with Crippen molar-refractivity contribution in [2.24, 2.45) is 0 Å². The lowest BCUT2D eigenvalue weighted by Crippen LogP contribution is -2.51. The number of carbonyl (C=O) groups excluding carboxylic acids is 1. The number of hydrogen-bond acceptors (Lipinski definition) is 5. The van der Waals surface area contributed by atoms with Crippen LogP contribution in [-0.4, -0.2) is 74.1 Å². The average Bonchev–Trinajstić information content (AvgIpc) is 3.36. The van der Waals surface area contributed by atoms with Crippen molar-refractivity contribution in [1.82, 2.24) is 14.7 Å². The maximum Gasteiger partial charge on any atom is 0.244 e. The van der Waals surface area contributed by atoms with Crippen molar-refractivity contribution in [3.63, 3.8) is 0 Å². The normalized spacial score (nSPS) is 18.7. The summed E-state index contributed by atoms with van der Waals surface area (Å²) < 4.78 is 10.9. The Bertz CT molecular complexity index is 860. The van der Waals surface area contributed by atoms with Gasteiger partial charge in [-0.25, -0.2) is 0 Å². The maximum atomic E-state index is 13.4. The number of rotatable bonds is 7. The third-order valence-electron chi connectivity index (χ3n) is 6.42. The summed E-state index contributed by atoms with van der Waals surface area (Å²) in [5.41, 5.74) is 2.23. The summed E-state index contributed by atoms with van der Waals surface area (Å²) in [7, 11) is 3.39. The molecule has 0 bridgehead atoms. The average molecular weight is 424 g/mol. The first kappa shape index (κ1) is 21.7. The van der Waals surface area contributed by atoms with E-state index in [9.17, 15) is 4.79 Å². The molecule has 0 aliphatic carbocycles. The molecule has 2 aromatic rings. The Kier molecular flexibility index (Phi) is 7.10. The first-order chi connectivity index (χ1) is 15.2. The molecule has 1 atom stereocenters. The van der Waals surface area contributed by atoms with Crippen molar-refractivity contribution in [3.8, 4) is 11.5 Å². The molecule has 0 saturated carbocycles. The molecule has 0 radical (unpaired) electrons. The molecule has 0 aromatic heterocycles. The zero-order valence-electron chi connectivity index (χ0n) is 18.6. The number of nitrogens with zero attached hydrogens (tertiary/aromatic N) is 3. The molecule has 6 nitrogen and oxygen atoms in total. The predicted molar refractivity (Wildman–Crippen MR) is 121 cm³/mol. The zero-order valence-corrected chi connectivity index (χ0v) is 18.6. The standard InChI is InChI=1S/C25H33N3O3/c1-30-22-10-11-23(31-2)21(18-22)19-26-14-16-27(17-15-26)24(20-8-4-3-5-9-20)25(29)28-12-6-7-13-28/h3-5,8-11,18,24H,6-7,12-17,19H2,1-2H3. The van der Waals surface area contributed by atoms with Crippen molar-refractivity contribution in [2.75, 3.05) is 53.5 Å². The van der Waals surface area contributed by atoms with E-state index in [-0.39, 0.29) is 11.9 Å². The van der Waals surface area contributed by atoms with Gasteiger partial charge < -0.3 is 14.4 Å². The quantitative estimate of drug-likeness (QED) is 0.685. The van der Waals surface area contributed by atoms with Crippen LogP contribution in [0.2, 0.25) is 0 Å². The Morgan fingerprint density at radius 2 is 1.61 bits per heavy atom. The highest BCUT2D eigenvalue weighted by atomic mass is 16.5. The van der Waals surface area contributed by atoms with E-state index in [2.05, 4.69) is 28.0 Å². The SMILES string of the molecule is COc1ccc(OC)c(CN2CCN(C(C(=O)N3CCCC3)c3ccccc3)CC2)c1. The largest absolute Gasteiger partial charge is 0.497 e. The summed E-state index contributed by atoms with van der Waals surface area (Å²) in [5.74, 6) is 1.98. The molecule has 6 heteroatoms. The molecule has 1 amide bonds. The Balaban J connectivity index is 1.45. The van der Waals surface area contributed by atoms with Crippen molar-refractivity contribution < 1.29 is 14.3 Å². The third kappa shape index (κ3) is 5.02. The van der Waals surface area contributed by atoms with Gasteiger partial charge in [0, 0.05) is 51.4 Å². The van der Waals surface area contributed by atoms with E-state index in [0.29, 0.717) is 0 Å². The predicted octanol–water partition coefficient (Wildman–Crippen LogP) is 3.19. The van der Waals surface area contributed by atoms with E-state index in [4.69, 9.17) is 9.47 Å². The molecule has 2 heterocycles. The van der Waals surface area contributed by atoms with E-state index < -0.39 is 0 Å². The van der Waals surface area contributed by atoms with Gasteiger partial charge in [-0.3, -0.25) is 14.6 Å². The van der Waals surface area contributed by atoms with Crippen molar-refractivity contribution >= 4 is 5.91 Å². The van der Waals surface area contributed by atoms with Gasteiger partial charge in [-0.2, -0.15) is 0 Å². The second-order valence-electron chi connectivity index (χ2n) is 8.34. The molecule has 2 aliphatic rings. The molecule has 31 heavy (non-hydrogen) atoms. The summed E-state index contributed by atoms with van der Waals surface area (Å²) in [5, 5.41) is 0. The highest BCUT2D eigenvalue weighted by Crippen LogP contribution is 2.29. The van der Waals surface area contributed by atoms with Crippen LogP contribution in [0.25, 0.3) is 0 Å². The fourth-order valence-electron chi connectivity index (χ4n) is 4.68. The highest BCUT2D eigenvalue weighted by molar-refractivity contribution is 5.83. The lowest BCUT2D eigenvalue weighted by atomic mass is 10.0. The molecular weight excluding hydrogens is 390 g/mol. The lowest BCUT2D eigenvalue weighted by molar-refractivity contribution is -0.137. The Morgan fingerprint density at radius 1 is 0.903 bits per heavy atom. The maximum absolute atomic E-state index is 13.4. The summed E-state index contributed by atoms with van der Waals surface area (Å²) in [6.07, 6.45) is 2.23. The van der Waals surface area contributed by atoms with Gasteiger partial charge in [-0.05, 0) is 36.6 Å². The minimum absolute atomic E-state index is 0.187. The summed E-state index contributed by atoms with van der Waals surface area (Å²) >= 11 is 0. The summed E-state index contributed by atoms with van der Waals surface area (Å²) in [4.78, 5) is 20.2. The van der Waals surface area contributed by atoms with E-state index in [1.165, 1.54) is 0 Å². The van der Waals surface area contributed by atoms with E-state index in [0.717, 1.165) is 81.3 Å². The molecule has 2 aliphatic heterocycles. The van der Waals surface area contributed by atoms with Gasteiger partial charge in [0.25, 0.3) is 0 Å². The molecule has 2 fully saturated rings. The van der Waals surface area contributed by atoms with Crippen LogP contribution < -0.4 is 9.47 Å². The number of methoxy groups -OCH3 is 2. The van der Waals surface area contributed by atoms with Crippen molar-refractivity contribution in [2.45, 2.75) is 25.4 Å². The van der Waals surface area contributed by atoms with Crippen LogP contribution in [0.3, 0.4) is 0 Å². The fourth-order valence-corrected chi connectivity index (χ4v) is 4.68. The molecule has 166 valence electrons. The number of hydrogen-bond donors (Lipinski definition) is 0. The van der Waals surface area contributed by atoms with Crippen LogP contribution in [0.1, 0.15) is 30.0 Å². The van der Waals surface area contributed by atoms with Crippen LogP contribution in [0.4, 0.5) is 0 Å². The van der Waals surface area contributed by atoms with Crippen molar-refractivity contribution in [1.29, 1.82) is 0 Å². The molecule has 4 rings (SSSR count). The van der Waals surface area contributed by atoms with Crippen LogP contribution >= 0.6 is 0 Å². The Hall–Kier alpha value is -2.57. The number of benzene rings is 2. The second kappa shape index (κ2) is 10.2. The molecule has 0 N–H and O–H groups in total. The number of carbonyl (C=O) groups is 1. The summed E-state index contributed by atoms with van der Waals surface area (Å²) in [6.45, 7) is 6.14. The second-order valence-corrected chi connectivity index (χ2v) is 8.34. The van der Waals surface area contributed by atoms with Gasteiger partial charge in [0.15, 0.2) is 0 Å². The van der Waals surface area contributed by atoms with E-state index in [1.54, 1.807) is 14.2 Å².